The third-order valence-electron chi connectivity index (χ3n) is 4.57. The van der Waals surface area contributed by atoms with Crippen molar-refractivity contribution in [3.05, 3.63) is 29.8 Å². The van der Waals surface area contributed by atoms with Crippen molar-refractivity contribution in [3.63, 3.8) is 0 Å². The van der Waals surface area contributed by atoms with Crippen LogP contribution in [0.3, 0.4) is 0 Å². The Morgan fingerprint density at radius 3 is 2.50 bits per heavy atom. The van der Waals surface area contributed by atoms with Crippen LogP contribution < -0.4 is 10.1 Å². The first kappa shape index (κ1) is 18.1. The van der Waals surface area contributed by atoms with Crippen LogP contribution in [0.2, 0.25) is 0 Å². The Kier molecular flexibility index (Phi) is 6.46. The maximum atomic E-state index is 12.3. The third kappa shape index (κ3) is 4.40. The summed E-state index contributed by atoms with van der Waals surface area (Å²) >= 11 is 0. The number of carbonyl (C=O) groups excluding carboxylic acids is 2. The summed E-state index contributed by atoms with van der Waals surface area (Å²) in [6.45, 7) is 6.64. The van der Waals surface area contributed by atoms with Gasteiger partial charge in [-0.2, -0.15) is 0 Å². The molecule has 0 spiro atoms. The van der Waals surface area contributed by atoms with Gasteiger partial charge in [0, 0.05) is 32.1 Å². The molecule has 1 heterocycles. The van der Waals surface area contributed by atoms with E-state index in [1.165, 1.54) is 5.56 Å². The number of hydrogen-bond donors (Lipinski definition) is 1. The Bertz CT molecular complexity index is 555. The van der Waals surface area contributed by atoms with Crippen LogP contribution in [-0.4, -0.2) is 61.6 Å². The number of methoxy groups -OCH3 is 1. The summed E-state index contributed by atoms with van der Waals surface area (Å²) in [6.07, 6.45) is 0.934. The minimum absolute atomic E-state index is 0.0424. The second-order valence-electron chi connectivity index (χ2n) is 5.93. The molecule has 1 aromatic rings. The summed E-state index contributed by atoms with van der Waals surface area (Å²) in [6, 6.07) is 7.83. The van der Waals surface area contributed by atoms with Crippen molar-refractivity contribution in [2.75, 3.05) is 39.8 Å². The summed E-state index contributed by atoms with van der Waals surface area (Å²) in [4.78, 5) is 27.7. The largest absolute Gasteiger partial charge is 0.497 e. The first-order valence-corrected chi connectivity index (χ1v) is 8.53. The molecule has 0 radical (unpaired) electrons. The zero-order chi connectivity index (χ0) is 17.5. The smallest absolute Gasteiger partial charge is 0.317 e. The van der Waals surface area contributed by atoms with E-state index in [2.05, 4.69) is 17.4 Å². The Labute approximate surface area is 143 Å². The van der Waals surface area contributed by atoms with Crippen molar-refractivity contribution in [2.24, 2.45) is 0 Å². The first-order valence-electron chi connectivity index (χ1n) is 8.53. The Balaban J connectivity index is 1.83. The van der Waals surface area contributed by atoms with E-state index in [1.54, 1.807) is 16.9 Å². The van der Waals surface area contributed by atoms with Crippen LogP contribution in [0.5, 0.6) is 5.75 Å². The maximum absolute atomic E-state index is 12.3. The van der Waals surface area contributed by atoms with Crippen LogP contribution in [0.25, 0.3) is 0 Å². The van der Waals surface area contributed by atoms with Gasteiger partial charge in [0.1, 0.15) is 5.75 Å². The monoisotopic (exact) mass is 333 g/mol. The molecule has 1 N–H and O–H groups in total. The van der Waals surface area contributed by atoms with E-state index in [0.717, 1.165) is 12.2 Å². The van der Waals surface area contributed by atoms with Crippen molar-refractivity contribution in [1.82, 2.24) is 15.1 Å². The zero-order valence-electron chi connectivity index (χ0n) is 14.7. The van der Waals surface area contributed by atoms with Gasteiger partial charge >= 0.3 is 6.03 Å². The number of likely N-dealkylation sites (N-methyl/N-ethyl adjacent to an activating group) is 1. The highest BCUT2D eigenvalue weighted by Crippen LogP contribution is 2.28. The van der Waals surface area contributed by atoms with Crippen molar-refractivity contribution < 1.29 is 14.3 Å². The molecule has 6 heteroatoms. The lowest BCUT2D eigenvalue weighted by Gasteiger charge is -2.21. The topological polar surface area (TPSA) is 61.9 Å². The minimum atomic E-state index is -0.161. The third-order valence-corrected chi connectivity index (χ3v) is 4.57. The molecule has 0 bridgehead atoms. The van der Waals surface area contributed by atoms with Gasteiger partial charge < -0.3 is 19.9 Å². The highest BCUT2D eigenvalue weighted by atomic mass is 16.5. The fourth-order valence-electron chi connectivity index (χ4n) is 3.04. The van der Waals surface area contributed by atoms with Gasteiger partial charge in [-0.15, -0.1) is 0 Å². The van der Waals surface area contributed by atoms with Crippen molar-refractivity contribution in [2.45, 2.75) is 26.2 Å². The fraction of sp³-hybridized carbons (Fsp3) is 0.556. The van der Waals surface area contributed by atoms with E-state index in [-0.39, 0.29) is 18.5 Å². The van der Waals surface area contributed by atoms with Gasteiger partial charge in [-0.05, 0) is 38.0 Å². The number of urea groups is 1. The standard InChI is InChI=1S/C18H27N3O3/c1-4-20(5-2)17(22)12-19-18(23)21-11-10-15(13-21)14-6-8-16(24-3)9-7-14/h6-9,15H,4-5,10-13H2,1-3H3,(H,19,23). The van der Waals surface area contributed by atoms with Gasteiger partial charge in [0.05, 0.1) is 13.7 Å². The molecule has 1 saturated heterocycles. The molecule has 132 valence electrons. The summed E-state index contributed by atoms with van der Waals surface area (Å²) in [5.74, 6) is 1.13. The normalized spacial score (nSPS) is 16.8. The SMILES string of the molecule is CCN(CC)C(=O)CNC(=O)N1CCC(c2ccc(OC)cc2)C1. The molecule has 1 fully saturated rings. The first-order chi connectivity index (χ1) is 11.6. The second kappa shape index (κ2) is 8.57. The molecule has 1 aliphatic rings. The molecular formula is C18H27N3O3. The van der Waals surface area contributed by atoms with Crippen LogP contribution in [0, 0.1) is 0 Å². The molecule has 1 atom stereocenters. The zero-order valence-corrected chi connectivity index (χ0v) is 14.7. The number of nitrogens with zero attached hydrogens (tertiary/aromatic N) is 2. The molecule has 6 nitrogen and oxygen atoms in total. The van der Waals surface area contributed by atoms with Crippen LogP contribution in [0.1, 0.15) is 31.7 Å². The summed E-state index contributed by atoms with van der Waals surface area (Å²) in [5, 5.41) is 2.74. The van der Waals surface area contributed by atoms with Gasteiger partial charge in [-0.25, -0.2) is 4.79 Å². The molecule has 3 amide bonds. The Hall–Kier alpha value is -2.24. The van der Waals surface area contributed by atoms with Crippen LogP contribution in [0.4, 0.5) is 4.79 Å². The van der Waals surface area contributed by atoms with E-state index in [4.69, 9.17) is 4.74 Å². The average molecular weight is 333 g/mol. The number of likely N-dealkylation sites (tertiary alicyclic amines) is 1. The maximum Gasteiger partial charge on any atom is 0.317 e. The summed E-state index contributed by atoms with van der Waals surface area (Å²) in [5.41, 5.74) is 1.21. The van der Waals surface area contributed by atoms with Gasteiger partial charge in [0.2, 0.25) is 5.91 Å². The quantitative estimate of drug-likeness (QED) is 0.867. The number of hydrogen-bond acceptors (Lipinski definition) is 3. The fourth-order valence-corrected chi connectivity index (χ4v) is 3.04. The molecule has 1 aromatic carbocycles. The lowest BCUT2D eigenvalue weighted by atomic mass is 9.98. The predicted molar refractivity (Wildman–Crippen MR) is 93.3 cm³/mol. The number of ether oxygens (including phenoxy) is 1. The predicted octanol–water partition coefficient (Wildman–Crippen LogP) is 2.06. The van der Waals surface area contributed by atoms with Crippen molar-refractivity contribution in [3.8, 4) is 5.75 Å². The highest BCUT2D eigenvalue weighted by Gasteiger charge is 2.27. The molecule has 1 unspecified atom stereocenters. The molecular weight excluding hydrogens is 306 g/mol. The lowest BCUT2D eigenvalue weighted by Crippen LogP contribution is -2.44. The van der Waals surface area contributed by atoms with Gasteiger partial charge in [-0.1, -0.05) is 12.1 Å². The van der Waals surface area contributed by atoms with Crippen LogP contribution in [0.15, 0.2) is 24.3 Å². The molecule has 24 heavy (non-hydrogen) atoms. The number of amides is 3. The molecule has 2 rings (SSSR count). The van der Waals surface area contributed by atoms with Crippen LogP contribution >= 0.6 is 0 Å². The van der Waals surface area contributed by atoms with Crippen molar-refractivity contribution in [1.29, 1.82) is 0 Å². The van der Waals surface area contributed by atoms with E-state index in [1.807, 2.05) is 26.0 Å². The second-order valence-corrected chi connectivity index (χ2v) is 5.93. The van der Waals surface area contributed by atoms with E-state index in [0.29, 0.717) is 32.1 Å². The number of rotatable bonds is 6. The molecule has 1 aliphatic heterocycles. The molecule has 0 saturated carbocycles. The number of nitrogens with one attached hydrogen (secondary N) is 1. The van der Waals surface area contributed by atoms with E-state index < -0.39 is 0 Å². The minimum Gasteiger partial charge on any atom is -0.497 e. The highest BCUT2D eigenvalue weighted by molar-refractivity contribution is 5.84. The number of carbonyl (C=O) groups is 2. The molecule has 0 aliphatic carbocycles. The van der Waals surface area contributed by atoms with Gasteiger partial charge in [0.15, 0.2) is 0 Å². The van der Waals surface area contributed by atoms with Crippen molar-refractivity contribution >= 4 is 11.9 Å². The Morgan fingerprint density at radius 1 is 1.25 bits per heavy atom. The number of benzene rings is 1. The van der Waals surface area contributed by atoms with E-state index in [9.17, 15) is 9.59 Å². The average Bonchev–Trinajstić information content (AvgIpc) is 3.11. The Morgan fingerprint density at radius 2 is 1.92 bits per heavy atom. The lowest BCUT2D eigenvalue weighted by molar-refractivity contribution is -0.129. The van der Waals surface area contributed by atoms with Gasteiger partial charge in [-0.3, -0.25) is 4.79 Å². The summed E-state index contributed by atoms with van der Waals surface area (Å²) < 4.78 is 5.17. The molecule has 0 aromatic heterocycles. The van der Waals surface area contributed by atoms with Crippen LogP contribution in [-0.2, 0) is 4.79 Å². The summed E-state index contributed by atoms with van der Waals surface area (Å²) in [7, 11) is 1.65. The van der Waals surface area contributed by atoms with Gasteiger partial charge in [0.25, 0.3) is 0 Å². The van der Waals surface area contributed by atoms with E-state index >= 15 is 0 Å².